The summed E-state index contributed by atoms with van der Waals surface area (Å²) in [5.41, 5.74) is -1.15. The van der Waals surface area contributed by atoms with Crippen LogP contribution in [0.4, 0.5) is 0 Å². The monoisotopic (exact) mass is 353 g/mol. The van der Waals surface area contributed by atoms with E-state index in [9.17, 15) is 14.4 Å². The maximum Gasteiger partial charge on any atom is 0.320 e. The van der Waals surface area contributed by atoms with Crippen molar-refractivity contribution in [2.24, 2.45) is 5.41 Å². The Bertz CT molecular complexity index is 334. The number of nitrogens with zero attached hydrogens (tertiary/aromatic N) is 1. The number of ketones is 2. The van der Waals surface area contributed by atoms with E-state index in [-0.39, 0.29) is 24.4 Å². The molecule has 0 amide bonds. The van der Waals surface area contributed by atoms with Gasteiger partial charge in [-0.05, 0) is 13.3 Å². The van der Waals surface area contributed by atoms with Gasteiger partial charge in [-0.2, -0.15) is 0 Å². The molecule has 1 saturated heterocycles. The number of esters is 1. The van der Waals surface area contributed by atoms with E-state index in [1.165, 1.54) is 14.0 Å². The lowest BCUT2D eigenvalue weighted by molar-refractivity contribution is -0.160. The van der Waals surface area contributed by atoms with Gasteiger partial charge in [0.25, 0.3) is 0 Å². The van der Waals surface area contributed by atoms with Crippen molar-refractivity contribution in [2.45, 2.75) is 26.2 Å². The number of piperidine rings is 1. The molecule has 6 heteroatoms. The zero-order valence-corrected chi connectivity index (χ0v) is 12.2. The van der Waals surface area contributed by atoms with E-state index in [2.05, 4.69) is 22.9 Å². The van der Waals surface area contributed by atoms with E-state index in [1.807, 2.05) is 3.11 Å². The molecule has 0 unspecified atom stereocenters. The van der Waals surface area contributed by atoms with Gasteiger partial charge in [-0.25, -0.2) is 3.11 Å². The van der Waals surface area contributed by atoms with Crippen molar-refractivity contribution >= 4 is 40.4 Å². The maximum atomic E-state index is 12.0. The second-order valence-electron chi connectivity index (χ2n) is 4.29. The van der Waals surface area contributed by atoms with Gasteiger partial charge in [-0.1, -0.05) is 0 Å². The normalized spacial score (nSPS) is 25.7. The minimum atomic E-state index is -1.15. The van der Waals surface area contributed by atoms with E-state index in [0.29, 0.717) is 19.5 Å². The van der Waals surface area contributed by atoms with Gasteiger partial charge in [0.2, 0.25) is 0 Å². The fourth-order valence-corrected chi connectivity index (χ4v) is 2.83. The van der Waals surface area contributed by atoms with Gasteiger partial charge in [-0.3, -0.25) is 9.59 Å². The number of methoxy groups -OCH3 is 1. The van der Waals surface area contributed by atoms with Crippen LogP contribution in [0.15, 0.2) is 0 Å². The lowest BCUT2D eigenvalue weighted by atomic mass is 9.75. The SMILES string of the molecule is COC(=O)[C@@]1(CCC(C)=O)CN(I)CCC1=O. The van der Waals surface area contributed by atoms with Crippen molar-refractivity contribution in [1.82, 2.24) is 3.11 Å². The highest BCUT2D eigenvalue weighted by Gasteiger charge is 2.49. The topological polar surface area (TPSA) is 63.7 Å². The molecule has 1 atom stereocenters. The van der Waals surface area contributed by atoms with Gasteiger partial charge in [0.1, 0.15) is 11.2 Å². The highest BCUT2D eigenvalue weighted by atomic mass is 127. The molecule has 1 rings (SSSR count). The van der Waals surface area contributed by atoms with E-state index in [4.69, 9.17) is 4.74 Å². The first-order valence-corrected chi connectivity index (χ1v) is 6.41. The molecule has 5 nitrogen and oxygen atoms in total. The van der Waals surface area contributed by atoms with Crippen LogP contribution in [0.3, 0.4) is 0 Å². The Balaban J connectivity index is 2.94. The molecule has 0 aromatic heterocycles. The van der Waals surface area contributed by atoms with E-state index < -0.39 is 11.4 Å². The lowest BCUT2D eigenvalue weighted by Gasteiger charge is -2.36. The number of ether oxygens (including phenoxy) is 1. The van der Waals surface area contributed by atoms with E-state index in [1.54, 1.807) is 0 Å². The molecule has 96 valence electrons. The fraction of sp³-hybridized carbons (Fsp3) is 0.727. The van der Waals surface area contributed by atoms with Crippen LogP contribution in [-0.4, -0.2) is 40.8 Å². The van der Waals surface area contributed by atoms with E-state index >= 15 is 0 Å². The van der Waals surface area contributed by atoms with Crippen molar-refractivity contribution in [3.05, 3.63) is 0 Å². The molecular formula is C11H16INO4. The van der Waals surface area contributed by atoms with Gasteiger partial charge in [0.05, 0.1) is 7.11 Å². The Hall–Kier alpha value is -0.500. The molecule has 1 aliphatic rings. The third-order valence-corrected chi connectivity index (χ3v) is 3.86. The zero-order chi connectivity index (χ0) is 13.1. The second kappa shape index (κ2) is 5.90. The molecule has 0 bridgehead atoms. The molecule has 0 aliphatic carbocycles. The number of hydrogen-bond donors (Lipinski definition) is 0. The number of carbonyl (C=O) groups is 3. The predicted octanol–water partition coefficient (Wildman–Crippen LogP) is 1.14. The third kappa shape index (κ3) is 3.25. The number of Topliss-reactive ketones (excluding diaryl/α,β-unsaturated/α-hetero) is 2. The van der Waals surface area contributed by atoms with Crippen molar-refractivity contribution in [3.63, 3.8) is 0 Å². The van der Waals surface area contributed by atoms with Crippen LogP contribution in [0.2, 0.25) is 0 Å². The first kappa shape index (κ1) is 14.6. The fourth-order valence-electron chi connectivity index (χ4n) is 2.01. The molecule has 1 heterocycles. The summed E-state index contributed by atoms with van der Waals surface area (Å²) in [6, 6.07) is 0. The van der Waals surface area contributed by atoms with Gasteiger partial charge in [-0.15, -0.1) is 0 Å². The summed E-state index contributed by atoms with van der Waals surface area (Å²) in [5.74, 6) is -0.657. The Labute approximate surface area is 114 Å². The number of rotatable bonds is 4. The van der Waals surface area contributed by atoms with Crippen LogP contribution in [-0.2, 0) is 19.1 Å². The van der Waals surface area contributed by atoms with Crippen LogP contribution >= 0.6 is 22.9 Å². The first-order valence-electron chi connectivity index (χ1n) is 5.44. The Morgan fingerprint density at radius 2 is 2.18 bits per heavy atom. The third-order valence-electron chi connectivity index (χ3n) is 3.04. The first-order chi connectivity index (χ1) is 7.92. The Kier molecular flexibility index (Phi) is 5.05. The smallest absolute Gasteiger partial charge is 0.320 e. The summed E-state index contributed by atoms with van der Waals surface area (Å²) in [7, 11) is 1.28. The van der Waals surface area contributed by atoms with Crippen LogP contribution < -0.4 is 0 Å². The summed E-state index contributed by atoms with van der Waals surface area (Å²) in [5, 5.41) is 0. The molecule has 0 radical (unpaired) electrons. The number of halogens is 1. The average molecular weight is 353 g/mol. The molecule has 0 N–H and O–H groups in total. The largest absolute Gasteiger partial charge is 0.468 e. The molecule has 17 heavy (non-hydrogen) atoms. The summed E-state index contributed by atoms with van der Waals surface area (Å²) < 4.78 is 6.64. The second-order valence-corrected chi connectivity index (χ2v) is 5.66. The number of hydrogen-bond acceptors (Lipinski definition) is 5. The molecule has 0 spiro atoms. The standard InChI is InChI=1S/C11H16INO4/c1-8(14)3-5-11(10(16)17-2)7-13(12)6-4-9(11)15/h3-7H2,1-2H3/t11-/m0/s1. The van der Waals surface area contributed by atoms with Gasteiger partial charge < -0.3 is 9.53 Å². The molecular weight excluding hydrogens is 337 g/mol. The van der Waals surface area contributed by atoms with Crippen LogP contribution in [0.25, 0.3) is 0 Å². The predicted molar refractivity (Wildman–Crippen MR) is 69.6 cm³/mol. The van der Waals surface area contributed by atoms with Gasteiger partial charge >= 0.3 is 5.97 Å². The molecule has 1 aliphatic heterocycles. The number of carbonyl (C=O) groups excluding carboxylic acids is 3. The quantitative estimate of drug-likeness (QED) is 0.328. The molecule has 0 aromatic carbocycles. The summed E-state index contributed by atoms with van der Waals surface area (Å²) in [4.78, 5) is 35.0. The van der Waals surface area contributed by atoms with Crippen molar-refractivity contribution < 1.29 is 19.1 Å². The van der Waals surface area contributed by atoms with Crippen molar-refractivity contribution in [3.8, 4) is 0 Å². The van der Waals surface area contributed by atoms with Crippen molar-refractivity contribution in [1.29, 1.82) is 0 Å². The van der Waals surface area contributed by atoms with Crippen LogP contribution in [0.5, 0.6) is 0 Å². The summed E-state index contributed by atoms with van der Waals surface area (Å²) in [6.45, 7) is 2.42. The molecule has 0 saturated carbocycles. The van der Waals surface area contributed by atoms with Gasteiger partial charge in [0, 0.05) is 48.8 Å². The summed E-state index contributed by atoms with van der Waals surface area (Å²) in [6.07, 6.45) is 0.800. The average Bonchev–Trinajstić information content (AvgIpc) is 2.29. The highest BCUT2D eigenvalue weighted by molar-refractivity contribution is 14.1. The zero-order valence-electron chi connectivity index (χ0n) is 9.99. The highest BCUT2D eigenvalue weighted by Crippen LogP contribution is 2.34. The van der Waals surface area contributed by atoms with E-state index in [0.717, 1.165) is 0 Å². The summed E-state index contributed by atoms with van der Waals surface area (Å²) >= 11 is 2.09. The van der Waals surface area contributed by atoms with Crippen LogP contribution in [0, 0.1) is 5.41 Å². The Morgan fingerprint density at radius 1 is 1.53 bits per heavy atom. The Morgan fingerprint density at radius 3 is 2.71 bits per heavy atom. The van der Waals surface area contributed by atoms with Gasteiger partial charge in [0.15, 0.2) is 5.78 Å². The molecule has 0 aromatic rings. The van der Waals surface area contributed by atoms with Crippen molar-refractivity contribution in [2.75, 3.05) is 20.2 Å². The van der Waals surface area contributed by atoms with Crippen LogP contribution in [0.1, 0.15) is 26.2 Å². The maximum absolute atomic E-state index is 12.0. The minimum absolute atomic E-state index is 0.0216. The lowest BCUT2D eigenvalue weighted by Crippen LogP contribution is -2.51. The minimum Gasteiger partial charge on any atom is -0.468 e. The molecule has 1 fully saturated rings.